The van der Waals surface area contributed by atoms with Crippen molar-refractivity contribution in [1.29, 1.82) is 0 Å². The van der Waals surface area contributed by atoms with E-state index >= 15 is 0 Å². The molecule has 1 aromatic carbocycles. The smallest absolute Gasteiger partial charge is 0.211 e. The van der Waals surface area contributed by atoms with E-state index in [-0.39, 0.29) is 5.75 Å². The lowest BCUT2D eigenvalue weighted by atomic mass is 10.1. The summed E-state index contributed by atoms with van der Waals surface area (Å²) in [7, 11) is 1.66. The molecule has 0 saturated heterocycles. The maximum Gasteiger partial charge on any atom is 0.211 e. The lowest BCUT2D eigenvalue weighted by molar-refractivity contribution is -0.604. The van der Waals surface area contributed by atoms with Crippen LogP contribution in [0.25, 0.3) is 16.8 Å². The van der Waals surface area contributed by atoms with E-state index in [1.807, 2.05) is 19.1 Å². The minimum absolute atomic E-state index is 0.270. The molecule has 0 unspecified atom stereocenters. The maximum atomic E-state index is 10.4. The molecule has 0 aromatic heterocycles. The van der Waals surface area contributed by atoms with Gasteiger partial charge in [-0.15, -0.1) is 0 Å². The van der Waals surface area contributed by atoms with Gasteiger partial charge < -0.3 is 9.84 Å². The first-order valence-electron chi connectivity index (χ1n) is 7.74. The fourth-order valence-corrected chi connectivity index (χ4v) is 3.27. The molecule has 3 nitrogen and oxygen atoms in total. The molecule has 0 spiro atoms. The monoisotopic (exact) mass is 308 g/mol. The number of aromatic nitrogens is 1. The molecule has 23 heavy (non-hydrogen) atoms. The number of nitrogens with zero attached hydrogens (tertiary/aromatic N) is 1. The van der Waals surface area contributed by atoms with Crippen LogP contribution in [-0.4, -0.2) is 12.2 Å². The quantitative estimate of drug-likeness (QED) is 0.726. The predicted octanol–water partition coefficient (Wildman–Crippen LogP) is 4.02. The number of hydrogen-bond acceptors (Lipinski definition) is 2. The van der Waals surface area contributed by atoms with Crippen molar-refractivity contribution < 1.29 is 14.4 Å². The van der Waals surface area contributed by atoms with Gasteiger partial charge in [0.25, 0.3) is 0 Å². The standard InChI is InChI=1S/C20H21NO2/c1-12-9-10-16(11-13(12)2)21-14(3)19-17(22)7-6-8-18(23-5)20(19)15(21)4/h6-11H,1-5H3/p+1. The summed E-state index contributed by atoms with van der Waals surface area (Å²) in [5.41, 5.74) is 7.47. The lowest BCUT2D eigenvalue weighted by Crippen LogP contribution is -2.34. The molecule has 1 aliphatic heterocycles. The van der Waals surface area contributed by atoms with E-state index in [2.05, 4.69) is 43.5 Å². The van der Waals surface area contributed by atoms with E-state index in [0.29, 0.717) is 0 Å². The molecule has 0 radical (unpaired) electrons. The van der Waals surface area contributed by atoms with Crippen LogP contribution in [0, 0.1) is 27.7 Å². The van der Waals surface area contributed by atoms with Gasteiger partial charge in [-0.2, -0.15) is 4.57 Å². The summed E-state index contributed by atoms with van der Waals surface area (Å²) in [5, 5.41) is 10.4. The third-order valence-electron chi connectivity index (χ3n) is 4.62. The summed E-state index contributed by atoms with van der Waals surface area (Å²) >= 11 is 0. The van der Waals surface area contributed by atoms with Crippen molar-refractivity contribution in [1.82, 2.24) is 0 Å². The van der Waals surface area contributed by atoms with Crippen LogP contribution in [-0.2, 0) is 0 Å². The van der Waals surface area contributed by atoms with Gasteiger partial charge in [-0.25, -0.2) is 0 Å². The van der Waals surface area contributed by atoms with Gasteiger partial charge in [0, 0.05) is 26.0 Å². The number of ether oxygens (including phenoxy) is 1. The van der Waals surface area contributed by atoms with E-state index in [9.17, 15) is 5.11 Å². The summed E-state index contributed by atoms with van der Waals surface area (Å²) in [6, 6.07) is 11.8. The zero-order chi connectivity index (χ0) is 16.7. The van der Waals surface area contributed by atoms with E-state index < -0.39 is 0 Å². The van der Waals surface area contributed by atoms with Crippen molar-refractivity contribution >= 4 is 0 Å². The molecule has 0 amide bonds. The van der Waals surface area contributed by atoms with Crippen LogP contribution in [0.2, 0.25) is 0 Å². The van der Waals surface area contributed by atoms with Crippen molar-refractivity contribution in [2.24, 2.45) is 0 Å². The Hall–Kier alpha value is -2.55. The van der Waals surface area contributed by atoms with Crippen LogP contribution in [0.1, 0.15) is 22.5 Å². The molecule has 118 valence electrons. The average molecular weight is 308 g/mol. The van der Waals surface area contributed by atoms with Gasteiger partial charge in [0.15, 0.2) is 11.4 Å². The van der Waals surface area contributed by atoms with Gasteiger partial charge in [-0.3, -0.25) is 0 Å². The Labute approximate surface area is 137 Å². The Morgan fingerprint density at radius 1 is 0.870 bits per heavy atom. The van der Waals surface area contributed by atoms with Crippen molar-refractivity contribution in [3.63, 3.8) is 0 Å². The Morgan fingerprint density at radius 3 is 2.22 bits per heavy atom. The second-order valence-electron chi connectivity index (χ2n) is 6.00. The number of aryl methyl sites for hydroxylation is 2. The van der Waals surface area contributed by atoms with Crippen LogP contribution in [0.4, 0.5) is 0 Å². The highest BCUT2D eigenvalue weighted by molar-refractivity contribution is 5.79. The normalized spacial score (nSPS) is 11.0. The van der Waals surface area contributed by atoms with Gasteiger partial charge in [0.1, 0.15) is 22.6 Å². The first-order valence-corrected chi connectivity index (χ1v) is 7.74. The molecule has 1 aliphatic carbocycles. The first kappa shape index (κ1) is 15.3. The second-order valence-corrected chi connectivity index (χ2v) is 6.00. The predicted molar refractivity (Wildman–Crippen MR) is 91.8 cm³/mol. The SMILES string of the molecule is COc1cccc(O)c2c(C)[n+](-c3ccc(C)c(C)c3)c(C)c1-2. The summed E-state index contributed by atoms with van der Waals surface area (Å²) in [5.74, 6) is 1.04. The molecule has 2 aliphatic rings. The summed E-state index contributed by atoms with van der Waals surface area (Å²) in [4.78, 5) is 0. The number of fused-ring (bicyclic) bond motifs is 1. The van der Waals surface area contributed by atoms with E-state index in [1.165, 1.54) is 11.1 Å². The van der Waals surface area contributed by atoms with Gasteiger partial charge in [-0.05, 0) is 37.1 Å². The second kappa shape index (κ2) is 5.58. The van der Waals surface area contributed by atoms with Gasteiger partial charge in [0.05, 0.1) is 7.11 Å². The van der Waals surface area contributed by atoms with Gasteiger partial charge >= 0.3 is 0 Å². The topological polar surface area (TPSA) is 33.3 Å². The molecule has 1 heterocycles. The average Bonchev–Trinajstić information content (AvgIpc) is 2.67. The van der Waals surface area contributed by atoms with Crippen molar-refractivity contribution in [2.45, 2.75) is 27.7 Å². The van der Waals surface area contributed by atoms with Crippen molar-refractivity contribution in [3.8, 4) is 28.3 Å². The maximum absolute atomic E-state index is 10.4. The van der Waals surface area contributed by atoms with Crippen LogP contribution < -0.4 is 9.30 Å². The van der Waals surface area contributed by atoms with Crippen molar-refractivity contribution in [3.05, 3.63) is 58.9 Å². The van der Waals surface area contributed by atoms with Gasteiger partial charge in [0.2, 0.25) is 5.69 Å². The van der Waals surface area contributed by atoms with E-state index in [1.54, 1.807) is 13.2 Å². The molecule has 0 bridgehead atoms. The largest absolute Gasteiger partial charge is 0.507 e. The van der Waals surface area contributed by atoms with Crippen LogP contribution in [0.5, 0.6) is 11.5 Å². The minimum atomic E-state index is 0.270. The summed E-state index contributed by atoms with van der Waals surface area (Å²) in [6.45, 7) is 8.32. The van der Waals surface area contributed by atoms with Crippen LogP contribution >= 0.6 is 0 Å². The van der Waals surface area contributed by atoms with E-state index in [0.717, 1.165) is 34.0 Å². The lowest BCUT2D eigenvalue weighted by Gasteiger charge is -2.02. The minimum Gasteiger partial charge on any atom is -0.507 e. The fourth-order valence-electron chi connectivity index (χ4n) is 3.27. The molecule has 0 atom stereocenters. The summed E-state index contributed by atoms with van der Waals surface area (Å²) in [6.07, 6.45) is 0. The first-order chi connectivity index (χ1) is 11.0. The highest BCUT2D eigenvalue weighted by atomic mass is 16.5. The molecule has 0 saturated carbocycles. The Kier molecular flexibility index (Phi) is 3.72. The third kappa shape index (κ3) is 2.33. The van der Waals surface area contributed by atoms with Crippen molar-refractivity contribution in [2.75, 3.05) is 7.11 Å². The van der Waals surface area contributed by atoms with E-state index in [4.69, 9.17) is 4.74 Å². The molecule has 3 rings (SSSR count). The van der Waals surface area contributed by atoms with Gasteiger partial charge in [-0.1, -0.05) is 12.1 Å². The number of rotatable bonds is 2. The molecular formula is C20H22NO2+. The Morgan fingerprint density at radius 2 is 1.57 bits per heavy atom. The molecule has 1 aromatic rings. The number of hydrogen-bond donors (Lipinski definition) is 1. The Balaban J connectivity index is 2.40. The zero-order valence-corrected chi connectivity index (χ0v) is 14.3. The number of aromatic hydroxyl groups is 1. The molecule has 0 fully saturated rings. The molecule has 3 heteroatoms. The van der Waals surface area contributed by atoms with Crippen LogP contribution in [0.15, 0.2) is 36.4 Å². The third-order valence-corrected chi connectivity index (χ3v) is 4.62. The molecule has 1 N–H and O–H groups in total. The van der Waals surface area contributed by atoms with Crippen LogP contribution in [0.3, 0.4) is 0 Å². The molecular weight excluding hydrogens is 286 g/mol. The summed E-state index contributed by atoms with van der Waals surface area (Å²) < 4.78 is 7.73. The fraction of sp³-hybridized carbons (Fsp3) is 0.250. The Bertz CT molecular complexity index is 868. The highest BCUT2D eigenvalue weighted by Gasteiger charge is 2.32. The number of methoxy groups -OCH3 is 1. The highest BCUT2D eigenvalue weighted by Crippen LogP contribution is 2.41. The zero-order valence-electron chi connectivity index (χ0n) is 14.3. The number of benzene rings is 1.